The first-order chi connectivity index (χ1) is 9.08. The maximum absolute atomic E-state index is 5.23. The number of aliphatic imine (C=N–C) groups is 1. The molecule has 112 valence electrons. The number of nitrogens with one attached hydrogen (secondary N) is 1. The van der Waals surface area contributed by atoms with Gasteiger partial charge in [-0.3, -0.25) is 4.99 Å². The molecule has 0 spiro atoms. The summed E-state index contributed by atoms with van der Waals surface area (Å²) in [7, 11) is 5.79. The summed E-state index contributed by atoms with van der Waals surface area (Å²) in [6.45, 7) is 9.37. The van der Waals surface area contributed by atoms with Gasteiger partial charge >= 0.3 is 0 Å². The fourth-order valence-corrected chi connectivity index (χ4v) is 2.33. The molecule has 5 heteroatoms. The predicted octanol–water partition coefficient (Wildman–Crippen LogP) is 0.870. The smallest absolute Gasteiger partial charge is 0.193 e. The zero-order valence-electron chi connectivity index (χ0n) is 13.1. The lowest BCUT2D eigenvalue weighted by atomic mass is 10.1. The minimum absolute atomic E-state index is 0.585. The van der Waals surface area contributed by atoms with Crippen LogP contribution in [0.4, 0.5) is 0 Å². The molecule has 1 aliphatic rings. The van der Waals surface area contributed by atoms with Crippen molar-refractivity contribution in [3.05, 3.63) is 0 Å². The number of rotatable bonds is 6. The molecule has 5 nitrogen and oxygen atoms in total. The maximum atomic E-state index is 5.23. The Hall–Kier alpha value is -0.810. The number of ether oxygens (including phenoxy) is 1. The van der Waals surface area contributed by atoms with Crippen LogP contribution < -0.4 is 5.32 Å². The summed E-state index contributed by atoms with van der Waals surface area (Å²) in [5.41, 5.74) is 0. The Kier molecular flexibility index (Phi) is 7.16. The van der Waals surface area contributed by atoms with E-state index in [0.717, 1.165) is 38.7 Å². The molecule has 19 heavy (non-hydrogen) atoms. The van der Waals surface area contributed by atoms with Gasteiger partial charge in [-0.25, -0.2) is 0 Å². The van der Waals surface area contributed by atoms with Gasteiger partial charge in [0.15, 0.2) is 5.96 Å². The van der Waals surface area contributed by atoms with Crippen molar-refractivity contribution in [2.24, 2.45) is 10.9 Å². The van der Waals surface area contributed by atoms with Crippen LogP contribution in [0.5, 0.6) is 0 Å². The Morgan fingerprint density at radius 1 is 1.53 bits per heavy atom. The van der Waals surface area contributed by atoms with Gasteiger partial charge in [0.05, 0.1) is 6.61 Å². The van der Waals surface area contributed by atoms with Gasteiger partial charge in [0.25, 0.3) is 0 Å². The first-order valence-corrected chi connectivity index (χ1v) is 7.23. The Balaban J connectivity index is 2.31. The van der Waals surface area contributed by atoms with E-state index in [-0.39, 0.29) is 0 Å². The van der Waals surface area contributed by atoms with Gasteiger partial charge in [-0.1, -0.05) is 0 Å². The topological polar surface area (TPSA) is 40.1 Å². The molecule has 1 atom stereocenters. The fourth-order valence-electron chi connectivity index (χ4n) is 2.33. The molecule has 1 aliphatic heterocycles. The average Bonchev–Trinajstić information content (AvgIpc) is 2.83. The molecule has 0 amide bonds. The minimum atomic E-state index is 0.585. The Bertz CT molecular complexity index is 281. The third-order valence-electron chi connectivity index (χ3n) is 3.83. The molecule has 1 rings (SSSR count). The second kappa shape index (κ2) is 8.38. The van der Waals surface area contributed by atoms with Crippen molar-refractivity contribution in [1.82, 2.24) is 15.1 Å². The molecule has 1 fully saturated rings. The third kappa shape index (κ3) is 5.37. The summed E-state index contributed by atoms with van der Waals surface area (Å²) in [5.74, 6) is 1.66. The molecule has 1 saturated heterocycles. The molecule has 0 saturated carbocycles. The number of guanidine groups is 1. The van der Waals surface area contributed by atoms with E-state index >= 15 is 0 Å². The van der Waals surface area contributed by atoms with Crippen molar-refractivity contribution in [3.63, 3.8) is 0 Å². The van der Waals surface area contributed by atoms with Crippen LogP contribution >= 0.6 is 0 Å². The van der Waals surface area contributed by atoms with Gasteiger partial charge in [0.1, 0.15) is 0 Å². The summed E-state index contributed by atoms with van der Waals surface area (Å²) in [6.07, 6.45) is 1.19. The number of hydrogen-bond acceptors (Lipinski definition) is 3. The van der Waals surface area contributed by atoms with Crippen molar-refractivity contribution >= 4 is 5.96 Å². The molecule has 0 aromatic carbocycles. The van der Waals surface area contributed by atoms with Crippen LogP contribution in [0.2, 0.25) is 0 Å². The van der Waals surface area contributed by atoms with Crippen molar-refractivity contribution < 1.29 is 4.74 Å². The Labute approximate surface area is 118 Å². The minimum Gasteiger partial charge on any atom is -0.384 e. The number of likely N-dealkylation sites (tertiary alicyclic amines) is 1. The van der Waals surface area contributed by atoms with Gasteiger partial charge in [-0.15, -0.1) is 0 Å². The van der Waals surface area contributed by atoms with E-state index in [9.17, 15) is 0 Å². The van der Waals surface area contributed by atoms with Crippen LogP contribution in [0.25, 0.3) is 0 Å². The third-order valence-corrected chi connectivity index (χ3v) is 3.83. The van der Waals surface area contributed by atoms with Crippen LogP contribution in [0, 0.1) is 5.92 Å². The highest BCUT2D eigenvalue weighted by Crippen LogP contribution is 2.16. The number of hydrogen-bond donors (Lipinski definition) is 1. The predicted molar refractivity (Wildman–Crippen MR) is 80.7 cm³/mol. The Morgan fingerprint density at radius 3 is 2.84 bits per heavy atom. The number of methoxy groups -OCH3 is 1. The molecular formula is C14H30N4O. The van der Waals surface area contributed by atoms with Crippen LogP contribution in [-0.2, 0) is 4.74 Å². The van der Waals surface area contributed by atoms with Crippen molar-refractivity contribution in [1.29, 1.82) is 0 Å². The summed E-state index contributed by atoms with van der Waals surface area (Å²) >= 11 is 0. The summed E-state index contributed by atoms with van der Waals surface area (Å²) in [4.78, 5) is 9.04. The van der Waals surface area contributed by atoms with Gasteiger partial charge in [0, 0.05) is 52.3 Å². The quantitative estimate of drug-likeness (QED) is 0.574. The van der Waals surface area contributed by atoms with E-state index in [1.807, 2.05) is 7.05 Å². The van der Waals surface area contributed by atoms with Gasteiger partial charge < -0.3 is 19.9 Å². The molecule has 1 N–H and O–H groups in total. The zero-order chi connectivity index (χ0) is 14.3. The highest BCUT2D eigenvalue weighted by molar-refractivity contribution is 5.80. The first kappa shape index (κ1) is 16.2. The van der Waals surface area contributed by atoms with Gasteiger partial charge in [0.2, 0.25) is 0 Å². The van der Waals surface area contributed by atoms with E-state index in [1.165, 1.54) is 6.42 Å². The molecule has 1 unspecified atom stereocenters. The summed E-state index contributed by atoms with van der Waals surface area (Å²) in [6, 6.07) is 0.585. The average molecular weight is 270 g/mol. The molecule has 0 aromatic heterocycles. The number of likely N-dealkylation sites (N-methyl/N-ethyl adjacent to an activating group) is 1. The molecule has 0 aliphatic carbocycles. The molecule has 0 aromatic rings. The van der Waals surface area contributed by atoms with Crippen LogP contribution in [-0.4, -0.2) is 75.8 Å². The first-order valence-electron chi connectivity index (χ1n) is 7.23. The van der Waals surface area contributed by atoms with Gasteiger partial charge in [-0.05, 0) is 27.3 Å². The van der Waals surface area contributed by atoms with E-state index in [0.29, 0.717) is 12.0 Å². The van der Waals surface area contributed by atoms with Crippen molar-refractivity contribution in [3.8, 4) is 0 Å². The van der Waals surface area contributed by atoms with Crippen molar-refractivity contribution in [2.45, 2.75) is 26.3 Å². The van der Waals surface area contributed by atoms with Crippen LogP contribution in [0.1, 0.15) is 20.3 Å². The normalized spacial score (nSPS) is 20.7. The van der Waals surface area contributed by atoms with E-state index < -0.39 is 0 Å². The maximum Gasteiger partial charge on any atom is 0.193 e. The van der Waals surface area contributed by atoms with Gasteiger partial charge in [-0.2, -0.15) is 0 Å². The SMILES string of the molecule is CN=C(NCCN(C)C(C)C)N1CCC(COC)C1. The zero-order valence-corrected chi connectivity index (χ0v) is 13.1. The highest BCUT2D eigenvalue weighted by Gasteiger charge is 2.24. The summed E-state index contributed by atoms with van der Waals surface area (Å²) in [5, 5.41) is 3.45. The Morgan fingerprint density at radius 2 is 2.26 bits per heavy atom. The number of nitrogens with zero attached hydrogens (tertiary/aromatic N) is 3. The molecule has 1 heterocycles. The molecule has 0 bridgehead atoms. The standard InChI is InChI=1S/C14H30N4O/c1-12(2)17(4)9-7-16-14(15-3)18-8-6-13(10-18)11-19-5/h12-13H,6-11H2,1-5H3,(H,15,16). The van der Waals surface area contributed by atoms with E-state index in [1.54, 1.807) is 7.11 Å². The molecule has 0 radical (unpaired) electrons. The lowest BCUT2D eigenvalue weighted by molar-refractivity contribution is 0.157. The fraction of sp³-hybridized carbons (Fsp3) is 0.929. The van der Waals surface area contributed by atoms with Crippen LogP contribution in [0.3, 0.4) is 0 Å². The highest BCUT2D eigenvalue weighted by atomic mass is 16.5. The second-order valence-electron chi connectivity index (χ2n) is 5.60. The monoisotopic (exact) mass is 270 g/mol. The second-order valence-corrected chi connectivity index (χ2v) is 5.60. The lowest BCUT2D eigenvalue weighted by Gasteiger charge is -2.25. The van der Waals surface area contributed by atoms with Crippen molar-refractivity contribution in [2.75, 3.05) is 54.0 Å². The summed E-state index contributed by atoms with van der Waals surface area (Å²) < 4.78 is 5.23. The van der Waals surface area contributed by atoms with Crippen LogP contribution in [0.15, 0.2) is 4.99 Å². The van der Waals surface area contributed by atoms with E-state index in [4.69, 9.17) is 4.74 Å². The molecular weight excluding hydrogens is 240 g/mol. The largest absolute Gasteiger partial charge is 0.384 e. The van der Waals surface area contributed by atoms with E-state index in [2.05, 4.69) is 41.0 Å². The lowest BCUT2D eigenvalue weighted by Crippen LogP contribution is -2.43.